The first kappa shape index (κ1) is 12.9. The highest BCUT2D eigenvalue weighted by Gasteiger charge is 2.11. The average Bonchev–Trinajstić information content (AvgIpc) is 2.81. The fraction of sp³-hybridized carbons (Fsp3) is 0. The average molecular weight is 331 g/mol. The van der Waals surface area contributed by atoms with Gasteiger partial charge in [0.2, 0.25) is 5.28 Å². The quantitative estimate of drug-likeness (QED) is 0.640. The summed E-state index contributed by atoms with van der Waals surface area (Å²) >= 11 is 19.6. The molecule has 1 aromatic carbocycles. The van der Waals surface area contributed by atoms with Crippen molar-refractivity contribution in [3.63, 3.8) is 0 Å². The van der Waals surface area contributed by atoms with Crippen molar-refractivity contribution >= 4 is 67.9 Å². The zero-order valence-corrected chi connectivity index (χ0v) is 12.4. The Morgan fingerprint density at radius 1 is 1.00 bits per heavy atom. The zero-order chi connectivity index (χ0) is 13.4. The minimum Gasteiger partial charge on any atom is -0.337 e. The molecule has 19 heavy (non-hydrogen) atoms. The number of rotatable bonds is 2. The van der Waals surface area contributed by atoms with Crippen molar-refractivity contribution in [3.05, 3.63) is 45.0 Å². The summed E-state index contributed by atoms with van der Waals surface area (Å²) < 4.78 is 0. The molecule has 2 heterocycles. The molecule has 3 rings (SSSR count). The van der Waals surface area contributed by atoms with Crippen LogP contribution in [-0.4, -0.2) is 9.97 Å². The van der Waals surface area contributed by atoms with E-state index in [4.69, 9.17) is 34.8 Å². The first-order valence-electron chi connectivity index (χ1n) is 5.27. The van der Waals surface area contributed by atoms with Crippen molar-refractivity contribution in [3.8, 4) is 0 Å². The van der Waals surface area contributed by atoms with E-state index in [1.54, 1.807) is 18.2 Å². The van der Waals surface area contributed by atoms with Crippen LogP contribution in [0.5, 0.6) is 0 Å². The molecule has 0 atom stereocenters. The summed E-state index contributed by atoms with van der Waals surface area (Å²) in [6.45, 7) is 0. The molecule has 0 saturated carbocycles. The Kier molecular flexibility index (Phi) is 3.50. The van der Waals surface area contributed by atoms with Crippen LogP contribution in [0, 0.1) is 0 Å². The molecule has 0 bridgehead atoms. The third-order valence-electron chi connectivity index (χ3n) is 2.50. The number of hydrogen-bond donors (Lipinski definition) is 1. The van der Waals surface area contributed by atoms with E-state index in [1.807, 2.05) is 11.4 Å². The van der Waals surface area contributed by atoms with Gasteiger partial charge >= 0.3 is 0 Å². The maximum absolute atomic E-state index is 6.12. The van der Waals surface area contributed by atoms with Gasteiger partial charge in [-0.1, -0.05) is 29.3 Å². The number of thiophene rings is 1. The normalized spacial score (nSPS) is 10.9. The van der Waals surface area contributed by atoms with Crippen LogP contribution in [0.4, 0.5) is 11.5 Å². The number of aromatic nitrogens is 2. The fourth-order valence-corrected chi connectivity index (χ4v) is 3.14. The van der Waals surface area contributed by atoms with Gasteiger partial charge < -0.3 is 5.32 Å². The van der Waals surface area contributed by atoms with Crippen molar-refractivity contribution in [1.29, 1.82) is 0 Å². The molecule has 0 fully saturated rings. The smallest absolute Gasteiger partial charge is 0.225 e. The van der Waals surface area contributed by atoms with Gasteiger partial charge in [-0.05, 0) is 35.2 Å². The van der Waals surface area contributed by atoms with Gasteiger partial charge in [-0.25, -0.2) is 4.98 Å². The first-order valence-corrected chi connectivity index (χ1v) is 7.28. The Labute approximate surface area is 128 Å². The molecule has 3 aromatic rings. The summed E-state index contributed by atoms with van der Waals surface area (Å²) in [5, 5.41) is 7.14. The van der Waals surface area contributed by atoms with E-state index in [0.29, 0.717) is 21.6 Å². The van der Waals surface area contributed by atoms with Crippen molar-refractivity contribution in [2.75, 3.05) is 5.32 Å². The summed E-state index contributed by atoms with van der Waals surface area (Å²) in [4.78, 5) is 9.14. The number of halogens is 3. The predicted molar refractivity (Wildman–Crippen MR) is 82.2 cm³/mol. The lowest BCUT2D eigenvalue weighted by atomic mass is 10.3. The summed E-state index contributed by atoms with van der Waals surface area (Å²) in [5.41, 5.74) is 0.605. The summed E-state index contributed by atoms with van der Waals surface area (Å²) in [6.07, 6.45) is 0. The third-order valence-corrected chi connectivity index (χ3v) is 4.11. The molecule has 1 N–H and O–H groups in total. The van der Waals surface area contributed by atoms with Crippen LogP contribution >= 0.6 is 46.1 Å². The van der Waals surface area contributed by atoms with Gasteiger partial charge in [-0.2, -0.15) is 4.98 Å². The zero-order valence-electron chi connectivity index (χ0n) is 9.32. The third kappa shape index (κ3) is 2.49. The van der Waals surface area contributed by atoms with Crippen molar-refractivity contribution in [1.82, 2.24) is 9.97 Å². The van der Waals surface area contributed by atoms with Crippen LogP contribution in [0.15, 0.2) is 29.6 Å². The Bertz CT molecular complexity index is 737. The van der Waals surface area contributed by atoms with Gasteiger partial charge in [0.25, 0.3) is 0 Å². The molecule has 0 radical (unpaired) electrons. The molecule has 3 nitrogen and oxygen atoms in total. The summed E-state index contributed by atoms with van der Waals surface area (Å²) in [7, 11) is 0. The Balaban J connectivity index is 2.13. The number of fused-ring (bicyclic) bond motifs is 1. The fourth-order valence-electron chi connectivity index (χ4n) is 1.66. The van der Waals surface area contributed by atoms with Crippen LogP contribution in [0.2, 0.25) is 15.3 Å². The monoisotopic (exact) mass is 329 g/mol. The molecule has 2 aromatic heterocycles. The van der Waals surface area contributed by atoms with Crippen LogP contribution in [-0.2, 0) is 0 Å². The lowest BCUT2D eigenvalue weighted by Crippen LogP contribution is -1.97. The van der Waals surface area contributed by atoms with Crippen LogP contribution in [0.1, 0.15) is 0 Å². The van der Waals surface area contributed by atoms with Gasteiger partial charge in [0.1, 0.15) is 10.6 Å². The lowest BCUT2D eigenvalue weighted by Gasteiger charge is -2.10. The van der Waals surface area contributed by atoms with Gasteiger partial charge in [-0.3, -0.25) is 0 Å². The Morgan fingerprint density at radius 3 is 2.47 bits per heavy atom. The number of nitrogens with zero attached hydrogens (tertiary/aromatic N) is 2. The van der Waals surface area contributed by atoms with E-state index in [0.717, 1.165) is 10.2 Å². The second-order valence-corrected chi connectivity index (χ2v) is 5.75. The van der Waals surface area contributed by atoms with Gasteiger partial charge in [0.05, 0.1) is 21.1 Å². The number of benzene rings is 1. The van der Waals surface area contributed by atoms with Crippen LogP contribution in [0.3, 0.4) is 0 Å². The number of anilines is 2. The largest absolute Gasteiger partial charge is 0.337 e. The van der Waals surface area contributed by atoms with E-state index >= 15 is 0 Å². The molecule has 0 aliphatic carbocycles. The molecule has 0 aliphatic heterocycles. The Hall–Kier alpha value is -1.07. The number of para-hydroxylation sites is 1. The Morgan fingerprint density at radius 2 is 1.74 bits per heavy atom. The van der Waals surface area contributed by atoms with Crippen LogP contribution < -0.4 is 5.32 Å². The highest BCUT2D eigenvalue weighted by molar-refractivity contribution is 7.16. The molecular formula is C12H6Cl3N3S. The molecule has 0 amide bonds. The summed E-state index contributed by atoms with van der Waals surface area (Å²) in [5.74, 6) is 0.589. The standard InChI is InChI=1S/C12H6Cl3N3S/c13-7-2-1-3-8(14)9(7)16-10-6-4-5-19-11(6)18-12(15)17-10/h1-5H,(H,16,17,18). The minimum absolute atomic E-state index is 0.181. The van der Waals surface area contributed by atoms with Crippen molar-refractivity contribution in [2.24, 2.45) is 0 Å². The molecule has 0 spiro atoms. The molecule has 0 aliphatic rings. The minimum atomic E-state index is 0.181. The maximum atomic E-state index is 6.12. The second kappa shape index (κ2) is 5.13. The van der Waals surface area contributed by atoms with Gasteiger partial charge in [0, 0.05) is 0 Å². The van der Waals surface area contributed by atoms with E-state index in [-0.39, 0.29) is 5.28 Å². The topological polar surface area (TPSA) is 37.8 Å². The summed E-state index contributed by atoms with van der Waals surface area (Å²) in [6, 6.07) is 7.21. The van der Waals surface area contributed by atoms with Crippen molar-refractivity contribution in [2.45, 2.75) is 0 Å². The lowest BCUT2D eigenvalue weighted by molar-refractivity contribution is 1.23. The predicted octanol–water partition coefficient (Wildman–Crippen LogP) is 5.40. The molecule has 0 unspecified atom stereocenters. The first-order chi connectivity index (χ1) is 9.15. The van der Waals surface area contributed by atoms with E-state index < -0.39 is 0 Å². The van der Waals surface area contributed by atoms with Crippen molar-refractivity contribution < 1.29 is 0 Å². The van der Waals surface area contributed by atoms with Gasteiger partial charge in [-0.15, -0.1) is 11.3 Å². The molecular weight excluding hydrogens is 325 g/mol. The second-order valence-electron chi connectivity index (χ2n) is 3.70. The van der Waals surface area contributed by atoms with E-state index in [1.165, 1.54) is 11.3 Å². The molecule has 7 heteroatoms. The molecule has 96 valence electrons. The van der Waals surface area contributed by atoms with Crippen LogP contribution in [0.25, 0.3) is 10.2 Å². The highest BCUT2D eigenvalue weighted by atomic mass is 35.5. The van der Waals surface area contributed by atoms with Gasteiger partial charge in [0.15, 0.2) is 0 Å². The number of hydrogen-bond acceptors (Lipinski definition) is 4. The number of nitrogens with one attached hydrogen (secondary N) is 1. The SMILES string of the molecule is Clc1nc(Nc2c(Cl)cccc2Cl)c2ccsc2n1. The molecule has 0 saturated heterocycles. The van der Waals surface area contributed by atoms with E-state index in [9.17, 15) is 0 Å². The highest BCUT2D eigenvalue weighted by Crippen LogP contribution is 2.35. The maximum Gasteiger partial charge on any atom is 0.225 e. The van der Waals surface area contributed by atoms with E-state index in [2.05, 4.69) is 15.3 Å².